The van der Waals surface area contributed by atoms with Gasteiger partial charge in [0.2, 0.25) is 11.9 Å². The first-order valence-electron chi connectivity index (χ1n) is 9.59. The maximum atomic E-state index is 6.05. The maximum Gasteiger partial charge on any atom is 0.231 e. The maximum absolute atomic E-state index is 6.05. The third-order valence-corrected chi connectivity index (χ3v) is 5.14. The van der Waals surface area contributed by atoms with Crippen LogP contribution in [-0.2, 0) is 11.2 Å². The van der Waals surface area contributed by atoms with Gasteiger partial charge in [-0.2, -0.15) is 20.1 Å². The number of aromatic nitrogens is 5. The molecule has 0 spiro atoms. The van der Waals surface area contributed by atoms with Crippen LogP contribution >= 0.6 is 0 Å². The molecule has 1 atom stereocenters. The zero-order valence-electron chi connectivity index (χ0n) is 15.8. The van der Waals surface area contributed by atoms with E-state index in [4.69, 9.17) is 15.5 Å². The molecular weight excluding hydrogens is 366 g/mol. The molecule has 1 fully saturated rings. The standard InChI is InChI=1S/C21H21N7O/c22-20-24-19(15-6-7-16-12-23-27-18(16)11-15)25-21(26-20)28-8-9-29-13-17(28)10-14-4-2-1-3-5-14/h1-7,11-12,17H,8-10,13H2,(H,23,27)(H2,22,24,25,26). The minimum atomic E-state index is 0.135. The number of benzene rings is 2. The molecule has 146 valence electrons. The van der Waals surface area contributed by atoms with E-state index >= 15 is 0 Å². The van der Waals surface area contributed by atoms with Crippen LogP contribution in [0.25, 0.3) is 22.3 Å². The third-order valence-electron chi connectivity index (χ3n) is 5.14. The molecule has 0 saturated carbocycles. The number of rotatable bonds is 4. The summed E-state index contributed by atoms with van der Waals surface area (Å²) in [4.78, 5) is 15.7. The number of nitrogens with zero attached hydrogens (tertiary/aromatic N) is 5. The van der Waals surface area contributed by atoms with Crippen LogP contribution < -0.4 is 10.6 Å². The lowest BCUT2D eigenvalue weighted by molar-refractivity contribution is 0.0932. The van der Waals surface area contributed by atoms with E-state index in [9.17, 15) is 0 Å². The molecule has 1 aliphatic rings. The predicted octanol–water partition coefficient (Wildman–Crippen LogP) is 2.45. The SMILES string of the molecule is Nc1nc(-c2ccc3cn[nH]c3c2)nc(N2CCOCC2Cc2ccccc2)n1. The molecule has 2 aromatic heterocycles. The molecule has 2 aromatic carbocycles. The van der Waals surface area contributed by atoms with Crippen molar-refractivity contribution in [2.45, 2.75) is 12.5 Å². The number of nitrogens with two attached hydrogens (primary N) is 1. The van der Waals surface area contributed by atoms with Crippen molar-refractivity contribution in [1.29, 1.82) is 0 Å². The Morgan fingerprint density at radius 2 is 2.00 bits per heavy atom. The molecule has 0 radical (unpaired) electrons. The number of anilines is 2. The van der Waals surface area contributed by atoms with Gasteiger partial charge in [0.1, 0.15) is 0 Å². The minimum Gasteiger partial charge on any atom is -0.377 e. The van der Waals surface area contributed by atoms with Gasteiger partial charge in [-0.3, -0.25) is 5.10 Å². The van der Waals surface area contributed by atoms with Crippen LogP contribution in [0.3, 0.4) is 0 Å². The second-order valence-electron chi connectivity index (χ2n) is 7.10. The van der Waals surface area contributed by atoms with Gasteiger partial charge >= 0.3 is 0 Å². The first-order valence-corrected chi connectivity index (χ1v) is 9.59. The number of nitrogens with one attached hydrogen (secondary N) is 1. The van der Waals surface area contributed by atoms with Crippen LogP contribution in [0.4, 0.5) is 11.9 Å². The fourth-order valence-corrected chi connectivity index (χ4v) is 3.69. The van der Waals surface area contributed by atoms with Gasteiger partial charge in [0.05, 0.1) is 31.0 Å². The van der Waals surface area contributed by atoms with E-state index in [1.807, 2.05) is 36.4 Å². The molecule has 8 nitrogen and oxygen atoms in total. The summed E-state index contributed by atoms with van der Waals surface area (Å²) in [5.74, 6) is 1.34. The molecule has 1 saturated heterocycles. The van der Waals surface area contributed by atoms with Crippen LogP contribution in [0.2, 0.25) is 0 Å². The van der Waals surface area contributed by atoms with Gasteiger partial charge < -0.3 is 15.4 Å². The molecule has 0 bridgehead atoms. The Hall–Kier alpha value is -3.52. The van der Waals surface area contributed by atoms with Crippen molar-refractivity contribution in [2.24, 2.45) is 0 Å². The second-order valence-corrected chi connectivity index (χ2v) is 7.10. The summed E-state index contributed by atoms with van der Waals surface area (Å²) in [6.45, 7) is 1.96. The molecule has 1 aliphatic heterocycles. The molecule has 4 aromatic rings. The van der Waals surface area contributed by atoms with Gasteiger partial charge in [-0.1, -0.05) is 42.5 Å². The fourth-order valence-electron chi connectivity index (χ4n) is 3.69. The van der Waals surface area contributed by atoms with Crippen molar-refractivity contribution in [3.8, 4) is 11.4 Å². The van der Waals surface area contributed by atoms with Crippen molar-refractivity contribution in [3.63, 3.8) is 0 Å². The van der Waals surface area contributed by atoms with E-state index < -0.39 is 0 Å². The van der Waals surface area contributed by atoms with E-state index in [1.165, 1.54) is 5.56 Å². The summed E-state index contributed by atoms with van der Waals surface area (Å²) < 4.78 is 5.74. The highest BCUT2D eigenvalue weighted by Gasteiger charge is 2.26. The largest absolute Gasteiger partial charge is 0.377 e. The first-order chi connectivity index (χ1) is 14.3. The molecule has 0 amide bonds. The van der Waals surface area contributed by atoms with Gasteiger partial charge in [-0.25, -0.2) is 0 Å². The first kappa shape index (κ1) is 17.6. The van der Waals surface area contributed by atoms with Crippen molar-refractivity contribution in [1.82, 2.24) is 25.1 Å². The monoisotopic (exact) mass is 387 g/mol. The van der Waals surface area contributed by atoms with E-state index in [-0.39, 0.29) is 12.0 Å². The summed E-state index contributed by atoms with van der Waals surface area (Å²) >= 11 is 0. The Kier molecular flexibility index (Phi) is 4.53. The summed E-state index contributed by atoms with van der Waals surface area (Å²) in [7, 11) is 0. The quantitative estimate of drug-likeness (QED) is 0.554. The molecule has 29 heavy (non-hydrogen) atoms. The van der Waals surface area contributed by atoms with Gasteiger partial charge in [-0.15, -0.1) is 0 Å². The topological polar surface area (TPSA) is 106 Å². The summed E-state index contributed by atoms with van der Waals surface area (Å²) in [6, 6.07) is 16.4. The number of morpholine rings is 1. The lowest BCUT2D eigenvalue weighted by Crippen LogP contribution is -2.47. The van der Waals surface area contributed by atoms with Crippen molar-refractivity contribution in [2.75, 3.05) is 30.4 Å². The van der Waals surface area contributed by atoms with Crippen molar-refractivity contribution < 1.29 is 4.74 Å². The molecule has 3 heterocycles. The minimum absolute atomic E-state index is 0.135. The van der Waals surface area contributed by atoms with Crippen LogP contribution in [-0.4, -0.2) is 50.9 Å². The number of nitrogen functional groups attached to an aromatic ring is 1. The highest BCUT2D eigenvalue weighted by atomic mass is 16.5. The number of hydrogen-bond donors (Lipinski definition) is 2. The molecule has 5 rings (SSSR count). The summed E-state index contributed by atoms with van der Waals surface area (Å²) in [5, 5.41) is 8.08. The van der Waals surface area contributed by atoms with E-state index in [2.05, 4.69) is 37.2 Å². The lowest BCUT2D eigenvalue weighted by Gasteiger charge is -2.35. The van der Waals surface area contributed by atoms with Gasteiger partial charge in [0.15, 0.2) is 5.82 Å². The second kappa shape index (κ2) is 7.48. The molecule has 3 N–H and O–H groups in total. The molecule has 0 aliphatic carbocycles. The van der Waals surface area contributed by atoms with Crippen molar-refractivity contribution >= 4 is 22.8 Å². The molecule has 8 heteroatoms. The van der Waals surface area contributed by atoms with E-state index in [0.717, 1.165) is 22.9 Å². The average Bonchev–Trinajstić information content (AvgIpc) is 3.22. The van der Waals surface area contributed by atoms with Gasteiger partial charge in [-0.05, 0) is 18.1 Å². The van der Waals surface area contributed by atoms with E-state index in [1.54, 1.807) is 6.20 Å². The van der Waals surface area contributed by atoms with Gasteiger partial charge in [0, 0.05) is 17.5 Å². The Morgan fingerprint density at radius 3 is 2.90 bits per heavy atom. The highest BCUT2D eigenvalue weighted by Crippen LogP contribution is 2.25. The predicted molar refractivity (Wildman–Crippen MR) is 111 cm³/mol. The third kappa shape index (κ3) is 3.62. The van der Waals surface area contributed by atoms with Gasteiger partial charge in [0.25, 0.3) is 0 Å². The Morgan fingerprint density at radius 1 is 1.10 bits per heavy atom. The Balaban J connectivity index is 1.49. The number of aromatic amines is 1. The number of H-pyrrole nitrogens is 1. The number of fused-ring (bicyclic) bond motifs is 1. The zero-order valence-corrected chi connectivity index (χ0v) is 15.8. The summed E-state index contributed by atoms with van der Waals surface area (Å²) in [5.41, 5.74) is 9.10. The van der Waals surface area contributed by atoms with Crippen LogP contribution in [0.15, 0.2) is 54.7 Å². The Bertz CT molecular complexity index is 1130. The van der Waals surface area contributed by atoms with Crippen molar-refractivity contribution in [3.05, 3.63) is 60.3 Å². The van der Waals surface area contributed by atoms with Crippen LogP contribution in [0.1, 0.15) is 5.56 Å². The molecular formula is C21H21N7O. The van der Waals surface area contributed by atoms with Crippen LogP contribution in [0.5, 0.6) is 0 Å². The normalized spacial score (nSPS) is 17.0. The lowest BCUT2D eigenvalue weighted by atomic mass is 10.0. The number of hydrogen-bond acceptors (Lipinski definition) is 7. The zero-order chi connectivity index (χ0) is 19.6. The van der Waals surface area contributed by atoms with Crippen LogP contribution in [0, 0.1) is 0 Å². The van der Waals surface area contributed by atoms with E-state index in [0.29, 0.717) is 31.5 Å². The highest BCUT2D eigenvalue weighted by molar-refractivity contribution is 5.82. The molecule has 1 unspecified atom stereocenters. The Labute approximate surface area is 167 Å². The average molecular weight is 387 g/mol. The smallest absolute Gasteiger partial charge is 0.231 e. The summed E-state index contributed by atoms with van der Waals surface area (Å²) in [6.07, 6.45) is 2.64. The number of ether oxygens (including phenoxy) is 1. The fraction of sp³-hybridized carbons (Fsp3) is 0.238.